The van der Waals surface area contributed by atoms with Crippen LogP contribution in [0.25, 0.3) is 10.2 Å². The van der Waals surface area contributed by atoms with Gasteiger partial charge in [0.2, 0.25) is 0 Å². The number of nitrogens with one attached hydrogen (secondary N) is 1. The third-order valence-electron chi connectivity index (χ3n) is 5.73. The molecule has 1 N–H and O–H groups in total. The molecule has 2 heterocycles. The molecular formula is C30H23ClFN3OS. The highest BCUT2D eigenvalue weighted by molar-refractivity contribution is 7.19. The van der Waals surface area contributed by atoms with Crippen LogP contribution < -0.4 is 10.1 Å². The summed E-state index contributed by atoms with van der Waals surface area (Å²) in [4.78, 5) is 10.6. The second-order valence-electron chi connectivity index (χ2n) is 8.58. The van der Waals surface area contributed by atoms with E-state index < -0.39 is 0 Å². The maximum atomic E-state index is 13.4. The summed E-state index contributed by atoms with van der Waals surface area (Å²) in [6.45, 7) is 2.36. The van der Waals surface area contributed by atoms with Gasteiger partial charge in [0.25, 0.3) is 0 Å². The minimum atomic E-state index is -0.299. The van der Waals surface area contributed by atoms with Crippen molar-refractivity contribution in [1.82, 2.24) is 9.97 Å². The highest BCUT2D eigenvalue weighted by Gasteiger charge is 2.10. The van der Waals surface area contributed by atoms with Gasteiger partial charge in [-0.25, -0.2) is 14.4 Å². The van der Waals surface area contributed by atoms with Crippen LogP contribution in [0.5, 0.6) is 5.75 Å². The Morgan fingerprint density at radius 2 is 1.95 bits per heavy atom. The van der Waals surface area contributed by atoms with Crippen molar-refractivity contribution < 1.29 is 9.13 Å². The molecule has 184 valence electrons. The number of rotatable bonds is 5. The van der Waals surface area contributed by atoms with Gasteiger partial charge in [0.15, 0.2) is 0 Å². The van der Waals surface area contributed by atoms with Crippen LogP contribution in [-0.2, 0) is 6.61 Å². The Morgan fingerprint density at radius 3 is 2.81 bits per heavy atom. The number of hydrogen-bond acceptors (Lipinski definition) is 5. The molecule has 7 heteroatoms. The molecule has 0 aliphatic heterocycles. The number of nitrogens with zero attached hydrogens (tertiary/aromatic N) is 2. The van der Waals surface area contributed by atoms with Crippen LogP contribution in [0.2, 0.25) is 5.02 Å². The van der Waals surface area contributed by atoms with Gasteiger partial charge in [-0.15, -0.1) is 11.3 Å². The van der Waals surface area contributed by atoms with Gasteiger partial charge < -0.3 is 10.1 Å². The zero-order chi connectivity index (χ0) is 25.6. The first-order chi connectivity index (χ1) is 18.0. The smallest absolute Gasteiger partial charge is 0.142 e. The fourth-order valence-corrected chi connectivity index (χ4v) is 4.86. The molecule has 5 rings (SSSR count). The number of fused-ring (bicyclic) bond motifs is 1. The number of benzene rings is 2. The topological polar surface area (TPSA) is 47.0 Å². The SMILES string of the molecule is C\C1=C/C=C\C=C(\C#Cc2cc3c(Nc4ccc(OCc5cccc(F)c5)c(Cl)c4)ncnc3s2)CC1. The number of aromatic nitrogens is 2. The molecule has 2 aromatic heterocycles. The van der Waals surface area contributed by atoms with Gasteiger partial charge in [0.1, 0.15) is 35.1 Å². The summed E-state index contributed by atoms with van der Waals surface area (Å²) in [5.74, 6) is 7.50. The van der Waals surface area contributed by atoms with Crippen molar-refractivity contribution in [1.29, 1.82) is 0 Å². The van der Waals surface area contributed by atoms with E-state index in [1.807, 2.05) is 18.2 Å². The van der Waals surface area contributed by atoms with Gasteiger partial charge in [0, 0.05) is 11.3 Å². The number of hydrogen-bond donors (Lipinski definition) is 1. The largest absolute Gasteiger partial charge is 0.487 e. The van der Waals surface area contributed by atoms with E-state index in [0.29, 0.717) is 16.6 Å². The van der Waals surface area contributed by atoms with Gasteiger partial charge in [0.05, 0.1) is 15.3 Å². The second kappa shape index (κ2) is 11.4. The molecule has 2 aromatic carbocycles. The van der Waals surface area contributed by atoms with Crippen molar-refractivity contribution >= 4 is 44.7 Å². The second-order valence-corrected chi connectivity index (χ2v) is 10.0. The fourth-order valence-electron chi connectivity index (χ4n) is 3.77. The average molecular weight is 528 g/mol. The fraction of sp³-hybridized carbons (Fsp3) is 0.133. The Bertz CT molecular complexity index is 1610. The summed E-state index contributed by atoms with van der Waals surface area (Å²) in [5.41, 5.74) is 3.95. The van der Waals surface area contributed by atoms with E-state index in [-0.39, 0.29) is 12.4 Å². The minimum Gasteiger partial charge on any atom is -0.487 e. The van der Waals surface area contributed by atoms with E-state index in [1.165, 1.54) is 35.4 Å². The first kappa shape index (κ1) is 24.8. The van der Waals surface area contributed by atoms with Crippen LogP contribution in [-0.4, -0.2) is 9.97 Å². The lowest BCUT2D eigenvalue weighted by atomic mass is 10.0. The monoisotopic (exact) mass is 527 g/mol. The first-order valence-corrected chi connectivity index (χ1v) is 13.0. The Hall–Kier alpha value is -3.92. The lowest BCUT2D eigenvalue weighted by Crippen LogP contribution is -1.98. The molecule has 0 atom stereocenters. The quantitative estimate of drug-likeness (QED) is 0.265. The summed E-state index contributed by atoms with van der Waals surface area (Å²) in [7, 11) is 0. The molecule has 0 fully saturated rings. The maximum absolute atomic E-state index is 13.4. The van der Waals surface area contributed by atoms with E-state index in [0.717, 1.165) is 44.8 Å². The lowest BCUT2D eigenvalue weighted by Gasteiger charge is -2.11. The Kier molecular flexibility index (Phi) is 7.65. The molecule has 0 bridgehead atoms. The first-order valence-electron chi connectivity index (χ1n) is 11.8. The summed E-state index contributed by atoms with van der Waals surface area (Å²) in [5, 5.41) is 4.66. The van der Waals surface area contributed by atoms with Gasteiger partial charge in [-0.05, 0) is 61.7 Å². The van der Waals surface area contributed by atoms with Gasteiger partial charge >= 0.3 is 0 Å². The van der Waals surface area contributed by atoms with E-state index in [1.54, 1.807) is 24.3 Å². The summed E-state index contributed by atoms with van der Waals surface area (Å²) < 4.78 is 19.2. The average Bonchev–Trinajstić information content (AvgIpc) is 3.30. The van der Waals surface area contributed by atoms with E-state index in [4.69, 9.17) is 16.3 Å². The van der Waals surface area contributed by atoms with Crippen molar-refractivity contribution in [2.45, 2.75) is 26.4 Å². The van der Waals surface area contributed by atoms with Crippen molar-refractivity contribution in [3.05, 3.63) is 112 Å². The third kappa shape index (κ3) is 6.45. The Morgan fingerprint density at radius 1 is 1.05 bits per heavy atom. The molecule has 0 saturated carbocycles. The highest BCUT2D eigenvalue weighted by atomic mass is 35.5. The van der Waals surface area contributed by atoms with Crippen molar-refractivity contribution in [2.75, 3.05) is 5.32 Å². The summed E-state index contributed by atoms with van der Waals surface area (Å²) >= 11 is 8.00. The molecule has 0 spiro atoms. The number of ether oxygens (including phenoxy) is 1. The number of anilines is 2. The standard InChI is InChI=1S/C30H23ClFN3OS/c1-20-5-2-3-6-21(10-9-20)11-13-25-17-26-29(33-19-34-30(26)37-25)35-24-12-14-28(27(31)16-24)36-18-22-7-4-8-23(32)15-22/h2-8,12,14-17,19H,9-10,18H2,1H3,(H,33,34,35)/b3-2-,20-5+,21-6+. The van der Waals surface area contributed by atoms with E-state index in [2.05, 4.69) is 52.3 Å². The van der Waals surface area contributed by atoms with Crippen LogP contribution in [0.15, 0.2) is 90.3 Å². The van der Waals surface area contributed by atoms with Crippen LogP contribution >= 0.6 is 22.9 Å². The normalized spacial score (nSPS) is 16.8. The van der Waals surface area contributed by atoms with Gasteiger partial charge in [-0.3, -0.25) is 0 Å². The van der Waals surface area contributed by atoms with Crippen molar-refractivity contribution in [2.24, 2.45) is 0 Å². The van der Waals surface area contributed by atoms with Gasteiger partial charge in [-0.2, -0.15) is 0 Å². The molecule has 1 aliphatic rings. The van der Waals surface area contributed by atoms with E-state index >= 15 is 0 Å². The van der Waals surface area contributed by atoms with E-state index in [9.17, 15) is 4.39 Å². The third-order valence-corrected chi connectivity index (χ3v) is 6.99. The molecule has 1 aliphatic carbocycles. The van der Waals surface area contributed by atoms with Crippen molar-refractivity contribution in [3.8, 4) is 17.6 Å². The van der Waals surface area contributed by atoms with Crippen LogP contribution in [0.1, 0.15) is 30.2 Å². The minimum absolute atomic E-state index is 0.221. The number of allylic oxidation sites excluding steroid dienone is 6. The summed E-state index contributed by atoms with van der Waals surface area (Å²) in [6, 6.07) is 13.7. The summed E-state index contributed by atoms with van der Waals surface area (Å²) in [6.07, 6.45) is 11.8. The molecule has 37 heavy (non-hydrogen) atoms. The molecular weight excluding hydrogens is 505 g/mol. The molecule has 4 nitrogen and oxygen atoms in total. The predicted molar refractivity (Wildman–Crippen MR) is 150 cm³/mol. The lowest BCUT2D eigenvalue weighted by molar-refractivity contribution is 0.306. The molecule has 0 unspecified atom stereocenters. The molecule has 0 amide bonds. The zero-order valence-electron chi connectivity index (χ0n) is 20.1. The Labute approximate surface area is 224 Å². The van der Waals surface area contributed by atoms with Crippen LogP contribution in [0, 0.1) is 17.7 Å². The maximum Gasteiger partial charge on any atom is 0.142 e. The van der Waals surface area contributed by atoms with Gasteiger partial charge in [-0.1, -0.05) is 65.5 Å². The molecule has 0 radical (unpaired) electrons. The van der Waals surface area contributed by atoms with Crippen LogP contribution in [0.3, 0.4) is 0 Å². The number of halogens is 2. The Balaban J connectivity index is 1.31. The van der Waals surface area contributed by atoms with Crippen molar-refractivity contribution in [3.63, 3.8) is 0 Å². The predicted octanol–water partition coefficient (Wildman–Crippen LogP) is 8.38. The number of thiophene rings is 1. The molecule has 4 aromatic rings. The molecule has 0 saturated heterocycles. The van der Waals surface area contributed by atoms with Crippen LogP contribution in [0.4, 0.5) is 15.9 Å². The highest BCUT2D eigenvalue weighted by Crippen LogP contribution is 2.33. The zero-order valence-corrected chi connectivity index (χ0v) is 21.7.